The summed E-state index contributed by atoms with van der Waals surface area (Å²) in [6, 6.07) is 2.40. The van der Waals surface area contributed by atoms with Crippen molar-refractivity contribution < 1.29 is 14.4 Å². The number of rotatable bonds is 5. The van der Waals surface area contributed by atoms with E-state index in [1.807, 2.05) is 0 Å². The highest BCUT2D eigenvalue weighted by molar-refractivity contribution is 5.98. The maximum Gasteiger partial charge on any atom is 0.255 e. The minimum absolute atomic E-state index is 0.0428. The van der Waals surface area contributed by atoms with E-state index in [0.29, 0.717) is 0 Å². The van der Waals surface area contributed by atoms with Crippen molar-refractivity contribution in [2.24, 2.45) is 11.5 Å². The number of aromatic nitrogens is 1. The zero-order valence-electron chi connectivity index (χ0n) is 9.38. The average Bonchev–Trinajstić information content (AvgIpc) is 2.26. The molecule has 1 heterocycles. The summed E-state index contributed by atoms with van der Waals surface area (Å²) in [4.78, 5) is 47.8. The number of nitrogens with zero attached hydrogens (tertiary/aromatic N) is 1. The van der Waals surface area contributed by atoms with Crippen molar-refractivity contribution in [3.05, 3.63) is 34.2 Å². The van der Waals surface area contributed by atoms with Gasteiger partial charge in [0.2, 0.25) is 17.4 Å². The van der Waals surface area contributed by atoms with Crippen molar-refractivity contribution in [3.8, 4) is 0 Å². The van der Waals surface area contributed by atoms with Crippen LogP contribution in [0, 0.1) is 0 Å². The van der Waals surface area contributed by atoms with Crippen LogP contribution in [0.5, 0.6) is 0 Å². The number of nitrogens with one attached hydrogen (secondary N) is 1. The lowest BCUT2D eigenvalue weighted by Crippen LogP contribution is -2.43. The number of aromatic amines is 1. The van der Waals surface area contributed by atoms with E-state index in [4.69, 9.17) is 11.5 Å². The first-order chi connectivity index (χ1) is 8.40. The molecule has 0 aliphatic carbocycles. The maximum absolute atomic E-state index is 11.9. The van der Waals surface area contributed by atoms with Gasteiger partial charge in [-0.1, -0.05) is 0 Å². The number of carbonyl (C=O) groups excluding carboxylic acids is 3. The number of amides is 3. The van der Waals surface area contributed by atoms with Crippen LogP contribution in [0.1, 0.15) is 10.4 Å². The van der Waals surface area contributed by atoms with E-state index in [0.717, 1.165) is 11.0 Å². The molecule has 0 saturated heterocycles. The Hall–Kier alpha value is -2.64. The van der Waals surface area contributed by atoms with E-state index in [1.165, 1.54) is 12.3 Å². The fraction of sp³-hybridized carbons (Fsp3) is 0.200. The Morgan fingerprint density at radius 3 is 2.17 bits per heavy atom. The number of nitrogens with two attached hydrogens (primary N) is 2. The Balaban J connectivity index is 2.97. The van der Waals surface area contributed by atoms with Crippen LogP contribution in [-0.2, 0) is 9.59 Å². The number of hydrogen-bond donors (Lipinski definition) is 3. The van der Waals surface area contributed by atoms with E-state index < -0.39 is 36.4 Å². The van der Waals surface area contributed by atoms with Crippen molar-refractivity contribution in [1.29, 1.82) is 0 Å². The molecule has 0 unspecified atom stereocenters. The molecule has 1 aromatic heterocycles. The number of pyridine rings is 1. The van der Waals surface area contributed by atoms with Crippen LogP contribution in [0.15, 0.2) is 23.1 Å². The van der Waals surface area contributed by atoms with Crippen LogP contribution in [0.2, 0.25) is 0 Å². The Morgan fingerprint density at radius 1 is 1.17 bits per heavy atom. The summed E-state index contributed by atoms with van der Waals surface area (Å²) in [7, 11) is 0. The van der Waals surface area contributed by atoms with E-state index in [2.05, 4.69) is 4.98 Å². The molecule has 0 radical (unpaired) electrons. The summed E-state index contributed by atoms with van der Waals surface area (Å²) in [5, 5.41) is 0. The lowest BCUT2D eigenvalue weighted by Gasteiger charge is -2.19. The van der Waals surface area contributed by atoms with Crippen LogP contribution in [0.25, 0.3) is 0 Å². The van der Waals surface area contributed by atoms with E-state index >= 15 is 0 Å². The largest absolute Gasteiger partial charge is 0.368 e. The molecule has 0 saturated carbocycles. The molecular formula is C10H12N4O4. The molecule has 0 aliphatic heterocycles. The molecule has 18 heavy (non-hydrogen) atoms. The predicted molar refractivity (Wildman–Crippen MR) is 61.4 cm³/mol. The van der Waals surface area contributed by atoms with Gasteiger partial charge in [-0.2, -0.15) is 0 Å². The van der Waals surface area contributed by atoms with Crippen LogP contribution in [0.3, 0.4) is 0 Å². The molecule has 0 spiro atoms. The van der Waals surface area contributed by atoms with Gasteiger partial charge in [0.05, 0.1) is 0 Å². The number of H-pyrrole nitrogens is 1. The molecule has 0 aromatic carbocycles. The number of primary amides is 2. The normalized spacial score (nSPS) is 9.78. The molecule has 0 fully saturated rings. The molecule has 0 aliphatic rings. The van der Waals surface area contributed by atoms with Gasteiger partial charge >= 0.3 is 0 Å². The van der Waals surface area contributed by atoms with Crippen LogP contribution in [0.4, 0.5) is 0 Å². The molecule has 96 valence electrons. The summed E-state index contributed by atoms with van der Waals surface area (Å²) >= 11 is 0. The third-order valence-electron chi connectivity index (χ3n) is 2.00. The number of hydrogen-bond acceptors (Lipinski definition) is 4. The second-order valence-corrected chi connectivity index (χ2v) is 3.54. The van der Waals surface area contributed by atoms with Gasteiger partial charge in [0.25, 0.3) is 5.91 Å². The smallest absolute Gasteiger partial charge is 0.255 e. The second-order valence-electron chi connectivity index (χ2n) is 3.54. The lowest BCUT2D eigenvalue weighted by molar-refractivity contribution is -0.121. The van der Waals surface area contributed by atoms with E-state index in [9.17, 15) is 19.2 Å². The quantitative estimate of drug-likeness (QED) is 0.546. The zero-order chi connectivity index (χ0) is 13.7. The minimum Gasteiger partial charge on any atom is -0.368 e. The summed E-state index contributed by atoms with van der Waals surface area (Å²) in [5.74, 6) is -2.23. The molecular weight excluding hydrogens is 240 g/mol. The Bertz CT molecular complexity index is 521. The Kier molecular flexibility index (Phi) is 4.19. The van der Waals surface area contributed by atoms with Gasteiger partial charge < -0.3 is 21.4 Å². The molecule has 1 aromatic rings. The third kappa shape index (κ3) is 3.74. The van der Waals surface area contributed by atoms with Gasteiger partial charge in [-0.25, -0.2) is 0 Å². The predicted octanol–water partition coefficient (Wildman–Crippen LogP) is -2.21. The zero-order valence-corrected chi connectivity index (χ0v) is 9.38. The lowest BCUT2D eigenvalue weighted by atomic mass is 10.2. The van der Waals surface area contributed by atoms with E-state index in [1.54, 1.807) is 0 Å². The van der Waals surface area contributed by atoms with Crippen LogP contribution in [-0.4, -0.2) is 40.7 Å². The number of carbonyl (C=O) groups is 3. The highest BCUT2D eigenvalue weighted by Crippen LogP contribution is 2.01. The Labute approximate surface area is 102 Å². The van der Waals surface area contributed by atoms with E-state index in [-0.39, 0.29) is 5.56 Å². The highest BCUT2D eigenvalue weighted by Gasteiger charge is 2.19. The van der Waals surface area contributed by atoms with Crippen molar-refractivity contribution in [3.63, 3.8) is 0 Å². The molecule has 0 atom stereocenters. The van der Waals surface area contributed by atoms with Crippen LogP contribution >= 0.6 is 0 Å². The topological polar surface area (TPSA) is 139 Å². The fourth-order valence-electron chi connectivity index (χ4n) is 1.34. The molecule has 8 nitrogen and oxygen atoms in total. The van der Waals surface area contributed by atoms with Gasteiger partial charge in [0.1, 0.15) is 13.1 Å². The monoisotopic (exact) mass is 252 g/mol. The van der Waals surface area contributed by atoms with Crippen molar-refractivity contribution in [2.45, 2.75) is 0 Å². The summed E-state index contributed by atoms with van der Waals surface area (Å²) in [5.41, 5.74) is 9.49. The fourth-order valence-corrected chi connectivity index (χ4v) is 1.34. The molecule has 3 amide bonds. The Morgan fingerprint density at radius 2 is 1.72 bits per heavy atom. The molecule has 8 heteroatoms. The van der Waals surface area contributed by atoms with Crippen molar-refractivity contribution >= 4 is 17.7 Å². The standard InChI is InChI=1S/C10H12N4O4/c11-7(15)4-14(5-8(12)16)10(18)6-1-2-13-9(17)3-6/h1-3H,4-5H2,(H2,11,15)(H2,12,16)(H,13,17). The summed E-state index contributed by atoms with van der Waals surface area (Å²) in [6.45, 7) is -0.900. The van der Waals surface area contributed by atoms with Crippen molar-refractivity contribution in [1.82, 2.24) is 9.88 Å². The van der Waals surface area contributed by atoms with Gasteiger partial charge in [0, 0.05) is 17.8 Å². The summed E-state index contributed by atoms with van der Waals surface area (Å²) in [6.07, 6.45) is 1.28. The maximum atomic E-state index is 11.9. The van der Waals surface area contributed by atoms with Gasteiger partial charge in [-0.15, -0.1) is 0 Å². The van der Waals surface area contributed by atoms with Crippen LogP contribution < -0.4 is 17.0 Å². The highest BCUT2D eigenvalue weighted by atomic mass is 16.2. The first-order valence-electron chi connectivity index (χ1n) is 4.95. The average molecular weight is 252 g/mol. The summed E-state index contributed by atoms with van der Waals surface area (Å²) < 4.78 is 0. The van der Waals surface area contributed by atoms with Gasteiger partial charge in [-0.05, 0) is 6.07 Å². The molecule has 1 rings (SSSR count). The second kappa shape index (κ2) is 5.62. The molecule has 5 N–H and O–H groups in total. The van der Waals surface area contributed by atoms with Gasteiger partial charge in [-0.3, -0.25) is 19.2 Å². The first kappa shape index (κ1) is 13.4. The minimum atomic E-state index is -0.783. The molecule has 0 bridgehead atoms. The van der Waals surface area contributed by atoms with Crippen molar-refractivity contribution in [2.75, 3.05) is 13.1 Å². The van der Waals surface area contributed by atoms with Gasteiger partial charge in [0.15, 0.2) is 0 Å². The first-order valence-corrected chi connectivity index (χ1v) is 4.95. The third-order valence-corrected chi connectivity index (χ3v) is 2.00. The SMILES string of the molecule is NC(=O)CN(CC(N)=O)C(=O)c1cc[nH]c(=O)c1.